The average molecular weight is 297 g/mol. The standard InChI is InChI=1S/C12H18F3NO4/c1-20-6-9(11(18)19)16-10(17)7-4-2-3-5-8(7)12(13,14)15/h7-9H,2-6H2,1H3,(H,16,17)(H,18,19). The van der Waals surface area contributed by atoms with Gasteiger partial charge >= 0.3 is 12.1 Å². The Morgan fingerprint density at radius 1 is 1.35 bits per heavy atom. The number of amides is 1. The van der Waals surface area contributed by atoms with Crippen molar-refractivity contribution in [2.75, 3.05) is 13.7 Å². The van der Waals surface area contributed by atoms with Gasteiger partial charge in [-0.2, -0.15) is 13.2 Å². The normalized spacial score (nSPS) is 25.0. The molecule has 0 spiro atoms. The maximum atomic E-state index is 12.9. The van der Waals surface area contributed by atoms with Gasteiger partial charge in [0, 0.05) is 13.0 Å². The Morgan fingerprint density at radius 2 is 1.95 bits per heavy atom. The number of rotatable bonds is 5. The van der Waals surface area contributed by atoms with E-state index in [1.165, 1.54) is 7.11 Å². The van der Waals surface area contributed by atoms with E-state index >= 15 is 0 Å². The van der Waals surface area contributed by atoms with Gasteiger partial charge in [0.05, 0.1) is 12.5 Å². The summed E-state index contributed by atoms with van der Waals surface area (Å²) < 4.78 is 43.3. The van der Waals surface area contributed by atoms with Crippen LogP contribution in [0.15, 0.2) is 0 Å². The number of carbonyl (C=O) groups excluding carboxylic acids is 1. The molecule has 1 rings (SSSR count). The molecule has 0 aromatic rings. The number of alkyl halides is 3. The van der Waals surface area contributed by atoms with Crippen LogP contribution in [0.4, 0.5) is 13.2 Å². The first kappa shape index (κ1) is 16.7. The predicted octanol–water partition coefficient (Wildman–Crippen LogP) is 1.57. The van der Waals surface area contributed by atoms with Crippen LogP contribution >= 0.6 is 0 Å². The summed E-state index contributed by atoms with van der Waals surface area (Å²) in [6.45, 7) is -0.287. The van der Waals surface area contributed by atoms with Crippen LogP contribution < -0.4 is 5.32 Å². The Bertz CT molecular complexity index is 359. The molecule has 2 N–H and O–H groups in total. The van der Waals surface area contributed by atoms with E-state index in [0.29, 0.717) is 12.8 Å². The monoisotopic (exact) mass is 297 g/mol. The van der Waals surface area contributed by atoms with Gasteiger partial charge in [-0.25, -0.2) is 4.79 Å². The van der Waals surface area contributed by atoms with Crippen LogP contribution in [-0.2, 0) is 14.3 Å². The summed E-state index contributed by atoms with van der Waals surface area (Å²) in [4.78, 5) is 22.8. The SMILES string of the molecule is COCC(NC(=O)C1CCCCC1C(F)(F)F)C(=O)O. The zero-order valence-corrected chi connectivity index (χ0v) is 11.1. The largest absolute Gasteiger partial charge is 0.480 e. The first-order valence-corrected chi connectivity index (χ1v) is 6.36. The first-order chi connectivity index (χ1) is 9.27. The fraction of sp³-hybridized carbons (Fsp3) is 0.833. The van der Waals surface area contributed by atoms with Crippen molar-refractivity contribution in [2.45, 2.75) is 37.9 Å². The second-order valence-electron chi connectivity index (χ2n) is 4.89. The Morgan fingerprint density at radius 3 is 2.45 bits per heavy atom. The topological polar surface area (TPSA) is 75.6 Å². The molecule has 0 aromatic heterocycles. The molecule has 5 nitrogen and oxygen atoms in total. The van der Waals surface area contributed by atoms with E-state index in [1.807, 2.05) is 0 Å². The molecule has 3 unspecified atom stereocenters. The van der Waals surface area contributed by atoms with Crippen molar-refractivity contribution in [2.24, 2.45) is 11.8 Å². The van der Waals surface area contributed by atoms with Gasteiger partial charge in [-0.3, -0.25) is 4.79 Å². The van der Waals surface area contributed by atoms with Crippen molar-refractivity contribution < 1.29 is 32.6 Å². The van der Waals surface area contributed by atoms with Crippen LogP contribution in [0.25, 0.3) is 0 Å². The number of carboxylic acids is 1. The van der Waals surface area contributed by atoms with E-state index < -0.39 is 35.9 Å². The van der Waals surface area contributed by atoms with Gasteiger partial charge in [0.15, 0.2) is 6.04 Å². The van der Waals surface area contributed by atoms with Crippen molar-refractivity contribution in [3.8, 4) is 0 Å². The van der Waals surface area contributed by atoms with Gasteiger partial charge in [-0.05, 0) is 12.8 Å². The molecular formula is C12H18F3NO4. The molecule has 0 radical (unpaired) electrons. The fourth-order valence-electron chi connectivity index (χ4n) is 2.46. The van der Waals surface area contributed by atoms with Gasteiger partial charge < -0.3 is 15.2 Å². The van der Waals surface area contributed by atoms with Crippen LogP contribution in [0.1, 0.15) is 25.7 Å². The maximum absolute atomic E-state index is 12.9. The smallest absolute Gasteiger partial charge is 0.392 e. The number of aliphatic carboxylic acids is 1. The lowest BCUT2D eigenvalue weighted by Gasteiger charge is -2.32. The van der Waals surface area contributed by atoms with Gasteiger partial charge in [-0.15, -0.1) is 0 Å². The molecule has 1 aliphatic carbocycles. The number of carboxylic acid groups (broad SMARTS) is 1. The van der Waals surface area contributed by atoms with E-state index in [0.717, 1.165) is 0 Å². The van der Waals surface area contributed by atoms with E-state index in [-0.39, 0.29) is 19.4 Å². The Balaban J connectivity index is 2.74. The van der Waals surface area contributed by atoms with Crippen molar-refractivity contribution >= 4 is 11.9 Å². The quantitative estimate of drug-likeness (QED) is 0.807. The third-order valence-corrected chi connectivity index (χ3v) is 3.47. The molecular weight excluding hydrogens is 279 g/mol. The molecule has 0 saturated heterocycles. The second kappa shape index (κ2) is 6.92. The number of ether oxygens (including phenoxy) is 1. The molecule has 1 amide bonds. The molecule has 0 aliphatic heterocycles. The van der Waals surface area contributed by atoms with Crippen LogP contribution in [-0.4, -0.2) is 42.9 Å². The highest BCUT2D eigenvalue weighted by molar-refractivity contribution is 5.85. The van der Waals surface area contributed by atoms with Crippen molar-refractivity contribution in [1.29, 1.82) is 0 Å². The summed E-state index contributed by atoms with van der Waals surface area (Å²) in [5, 5.41) is 11.0. The minimum atomic E-state index is -4.44. The molecule has 1 saturated carbocycles. The first-order valence-electron chi connectivity index (χ1n) is 6.36. The van der Waals surface area contributed by atoms with E-state index in [4.69, 9.17) is 5.11 Å². The molecule has 1 aliphatic rings. The summed E-state index contributed by atoms with van der Waals surface area (Å²) in [5.41, 5.74) is 0. The Hall–Kier alpha value is -1.31. The summed E-state index contributed by atoms with van der Waals surface area (Å²) >= 11 is 0. The summed E-state index contributed by atoms with van der Waals surface area (Å²) in [7, 11) is 1.25. The van der Waals surface area contributed by atoms with E-state index in [9.17, 15) is 22.8 Å². The second-order valence-corrected chi connectivity index (χ2v) is 4.89. The van der Waals surface area contributed by atoms with Crippen molar-refractivity contribution in [3.63, 3.8) is 0 Å². The molecule has 0 aromatic carbocycles. The van der Waals surface area contributed by atoms with Crippen LogP contribution in [0, 0.1) is 11.8 Å². The maximum Gasteiger partial charge on any atom is 0.392 e. The lowest BCUT2D eigenvalue weighted by atomic mass is 9.78. The lowest BCUT2D eigenvalue weighted by Crippen LogP contribution is -2.49. The molecule has 116 valence electrons. The van der Waals surface area contributed by atoms with Gasteiger partial charge in [0.1, 0.15) is 0 Å². The van der Waals surface area contributed by atoms with Crippen LogP contribution in [0.5, 0.6) is 0 Å². The Labute approximate surface area is 114 Å². The zero-order valence-electron chi connectivity index (χ0n) is 11.1. The highest BCUT2D eigenvalue weighted by Crippen LogP contribution is 2.41. The predicted molar refractivity (Wildman–Crippen MR) is 62.9 cm³/mol. The number of halogens is 3. The van der Waals surface area contributed by atoms with E-state index in [1.54, 1.807) is 0 Å². The number of methoxy groups -OCH3 is 1. The van der Waals surface area contributed by atoms with Gasteiger partial charge in [0.2, 0.25) is 5.91 Å². The molecule has 20 heavy (non-hydrogen) atoms. The molecule has 0 bridgehead atoms. The minimum Gasteiger partial charge on any atom is -0.480 e. The lowest BCUT2D eigenvalue weighted by molar-refractivity contribution is -0.198. The number of nitrogens with one attached hydrogen (secondary N) is 1. The van der Waals surface area contributed by atoms with Crippen molar-refractivity contribution in [3.05, 3.63) is 0 Å². The average Bonchev–Trinajstić information content (AvgIpc) is 2.37. The van der Waals surface area contributed by atoms with Crippen LogP contribution in [0.2, 0.25) is 0 Å². The highest BCUT2D eigenvalue weighted by Gasteiger charge is 2.48. The summed E-state index contributed by atoms with van der Waals surface area (Å²) in [6, 6.07) is -1.33. The minimum absolute atomic E-state index is 0.0936. The van der Waals surface area contributed by atoms with Gasteiger partial charge in [0.25, 0.3) is 0 Å². The molecule has 8 heteroatoms. The van der Waals surface area contributed by atoms with Crippen molar-refractivity contribution in [1.82, 2.24) is 5.32 Å². The zero-order chi connectivity index (χ0) is 15.3. The molecule has 3 atom stereocenters. The number of carbonyl (C=O) groups is 2. The van der Waals surface area contributed by atoms with Crippen LogP contribution in [0.3, 0.4) is 0 Å². The summed E-state index contributed by atoms with van der Waals surface area (Å²) in [6.07, 6.45) is -3.46. The van der Waals surface area contributed by atoms with Gasteiger partial charge in [-0.1, -0.05) is 12.8 Å². The number of hydrogen-bond acceptors (Lipinski definition) is 3. The molecule has 1 fully saturated rings. The molecule has 0 heterocycles. The third kappa shape index (κ3) is 4.36. The summed E-state index contributed by atoms with van der Waals surface area (Å²) in [5.74, 6) is -5.12. The third-order valence-electron chi connectivity index (χ3n) is 3.47. The van der Waals surface area contributed by atoms with E-state index in [2.05, 4.69) is 10.1 Å². The Kier molecular flexibility index (Phi) is 5.79. The number of hydrogen-bond donors (Lipinski definition) is 2. The highest BCUT2D eigenvalue weighted by atomic mass is 19.4. The fourth-order valence-corrected chi connectivity index (χ4v) is 2.46.